The number of aryl methyl sites for hydroxylation is 1. The van der Waals surface area contributed by atoms with Crippen LogP contribution in [0.3, 0.4) is 0 Å². The van der Waals surface area contributed by atoms with Crippen molar-refractivity contribution < 1.29 is 9.59 Å². The Morgan fingerprint density at radius 1 is 0.920 bits per heavy atom. The SMILES string of the molecule is Cc1cccc(NC(=O)CSCC(=O)Nc2cccc(C(C)C)c2)c1. The summed E-state index contributed by atoms with van der Waals surface area (Å²) < 4.78 is 0. The topological polar surface area (TPSA) is 58.2 Å². The normalized spacial score (nSPS) is 10.6. The minimum atomic E-state index is -0.106. The molecule has 2 N–H and O–H groups in total. The zero-order valence-corrected chi connectivity index (χ0v) is 15.7. The average Bonchev–Trinajstić information content (AvgIpc) is 2.55. The van der Waals surface area contributed by atoms with Gasteiger partial charge < -0.3 is 10.6 Å². The Morgan fingerprint density at radius 2 is 1.48 bits per heavy atom. The van der Waals surface area contributed by atoms with Crippen LogP contribution in [0.15, 0.2) is 48.5 Å². The summed E-state index contributed by atoms with van der Waals surface area (Å²) in [6.45, 7) is 6.20. The van der Waals surface area contributed by atoms with E-state index >= 15 is 0 Å². The predicted molar refractivity (Wildman–Crippen MR) is 106 cm³/mol. The summed E-state index contributed by atoms with van der Waals surface area (Å²) in [6, 6.07) is 15.5. The lowest BCUT2D eigenvalue weighted by Crippen LogP contribution is -2.18. The summed E-state index contributed by atoms with van der Waals surface area (Å²) in [7, 11) is 0. The first kappa shape index (κ1) is 19.1. The van der Waals surface area contributed by atoms with Crippen LogP contribution in [-0.2, 0) is 9.59 Å². The van der Waals surface area contributed by atoms with Gasteiger partial charge in [0.05, 0.1) is 11.5 Å². The van der Waals surface area contributed by atoms with E-state index in [2.05, 4.69) is 24.5 Å². The van der Waals surface area contributed by atoms with Gasteiger partial charge in [-0.1, -0.05) is 38.1 Å². The first-order valence-electron chi connectivity index (χ1n) is 8.28. The van der Waals surface area contributed by atoms with E-state index in [1.54, 1.807) is 0 Å². The van der Waals surface area contributed by atoms with Crippen molar-refractivity contribution >= 4 is 35.0 Å². The fourth-order valence-electron chi connectivity index (χ4n) is 2.33. The van der Waals surface area contributed by atoms with Gasteiger partial charge in [-0.15, -0.1) is 11.8 Å². The summed E-state index contributed by atoms with van der Waals surface area (Å²) in [6.07, 6.45) is 0. The monoisotopic (exact) mass is 356 g/mol. The molecule has 0 aliphatic heterocycles. The molecule has 0 aliphatic carbocycles. The van der Waals surface area contributed by atoms with Gasteiger partial charge in [0.1, 0.15) is 0 Å². The van der Waals surface area contributed by atoms with E-state index in [-0.39, 0.29) is 23.3 Å². The molecule has 0 saturated carbocycles. The van der Waals surface area contributed by atoms with E-state index in [1.807, 2.05) is 55.5 Å². The molecule has 0 aliphatic rings. The Balaban J connectivity index is 1.75. The number of benzene rings is 2. The van der Waals surface area contributed by atoms with E-state index in [4.69, 9.17) is 0 Å². The van der Waals surface area contributed by atoms with Crippen molar-refractivity contribution in [2.45, 2.75) is 26.7 Å². The molecule has 0 unspecified atom stereocenters. The maximum atomic E-state index is 12.0. The molecular formula is C20H24N2O2S. The highest BCUT2D eigenvalue weighted by molar-refractivity contribution is 8.00. The fourth-order valence-corrected chi connectivity index (χ4v) is 2.95. The third-order valence-corrected chi connectivity index (χ3v) is 4.54. The number of thioether (sulfide) groups is 1. The lowest BCUT2D eigenvalue weighted by atomic mass is 10.0. The molecule has 0 saturated heterocycles. The number of hydrogen-bond donors (Lipinski definition) is 2. The molecule has 0 heterocycles. The third-order valence-electron chi connectivity index (χ3n) is 3.61. The molecule has 2 amide bonds. The quantitative estimate of drug-likeness (QED) is 0.772. The van der Waals surface area contributed by atoms with Crippen molar-refractivity contribution in [3.63, 3.8) is 0 Å². The largest absolute Gasteiger partial charge is 0.325 e. The van der Waals surface area contributed by atoms with Gasteiger partial charge in [0.2, 0.25) is 11.8 Å². The molecule has 0 aromatic heterocycles. The van der Waals surface area contributed by atoms with Crippen LogP contribution < -0.4 is 10.6 Å². The number of amides is 2. The predicted octanol–water partition coefficient (Wildman–Crippen LogP) is 4.43. The number of hydrogen-bond acceptors (Lipinski definition) is 3. The molecule has 0 radical (unpaired) electrons. The molecule has 132 valence electrons. The Labute approximate surface area is 153 Å². The summed E-state index contributed by atoms with van der Waals surface area (Å²) >= 11 is 1.30. The molecule has 0 fully saturated rings. The van der Waals surface area contributed by atoms with Crippen molar-refractivity contribution in [1.82, 2.24) is 0 Å². The first-order chi connectivity index (χ1) is 11.9. The molecular weight excluding hydrogens is 332 g/mol. The van der Waals surface area contributed by atoms with Gasteiger partial charge in [-0.3, -0.25) is 9.59 Å². The highest BCUT2D eigenvalue weighted by Gasteiger charge is 2.08. The van der Waals surface area contributed by atoms with Crippen LogP contribution in [-0.4, -0.2) is 23.3 Å². The first-order valence-corrected chi connectivity index (χ1v) is 9.43. The maximum Gasteiger partial charge on any atom is 0.234 e. The number of rotatable bonds is 7. The third kappa shape index (κ3) is 6.63. The van der Waals surface area contributed by atoms with Crippen molar-refractivity contribution in [2.24, 2.45) is 0 Å². The molecule has 2 rings (SSSR count). The summed E-state index contributed by atoms with van der Waals surface area (Å²) in [5, 5.41) is 5.71. The second kappa shape index (κ2) is 9.28. The summed E-state index contributed by atoms with van der Waals surface area (Å²) in [5.41, 5.74) is 3.85. The van der Waals surface area contributed by atoms with Crippen LogP contribution in [0.4, 0.5) is 11.4 Å². The molecule has 4 nitrogen and oxygen atoms in total. The van der Waals surface area contributed by atoms with E-state index in [9.17, 15) is 9.59 Å². The summed E-state index contributed by atoms with van der Waals surface area (Å²) in [5.74, 6) is 0.691. The highest BCUT2D eigenvalue weighted by Crippen LogP contribution is 2.18. The van der Waals surface area contributed by atoms with Gasteiger partial charge in [0, 0.05) is 11.4 Å². The molecule has 2 aromatic rings. The van der Waals surface area contributed by atoms with Crippen LogP contribution in [0, 0.1) is 6.92 Å². The molecule has 25 heavy (non-hydrogen) atoms. The standard InChI is InChI=1S/C20H24N2O2S/c1-14(2)16-7-5-9-18(11-16)22-20(24)13-25-12-19(23)21-17-8-4-6-15(3)10-17/h4-11,14H,12-13H2,1-3H3,(H,21,23)(H,22,24). The van der Waals surface area contributed by atoms with Crippen molar-refractivity contribution in [3.8, 4) is 0 Å². The molecule has 5 heteroatoms. The second-order valence-corrected chi connectivity index (χ2v) is 7.22. The molecule has 0 spiro atoms. The van der Waals surface area contributed by atoms with Gasteiger partial charge >= 0.3 is 0 Å². The Bertz CT molecular complexity index is 744. The van der Waals surface area contributed by atoms with E-state index in [0.29, 0.717) is 5.92 Å². The van der Waals surface area contributed by atoms with Gasteiger partial charge in [-0.2, -0.15) is 0 Å². The Morgan fingerprint density at radius 3 is 2.04 bits per heavy atom. The molecule has 0 bridgehead atoms. The van der Waals surface area contributed by atoms with Crippen molar-refractivity contribution in [3.05, 3.63) is 59.7 Å². The zero-order chi connectivity index (χ0) is 18.2. The molecule has 2 aromatic carbocycles. The number of nitrogens with one attached hydrogen (secondary N) is 2. The van der Waals surface area contributed by atoms with Crippen molar-refractivity contribution in [2.75, 3.05) is 22.1 Å². The number of carbonyl (C=O) groups excluding carboxylic acids is 2. The Kier molecular flexibility index (Phi) is 7.07. The van der Waals surface area contributed by atoms with Gasteiger partial charge in [-0.25, -0.2) is 0 Å². The van der Waals surface area contributed by atoms with Crippen molar-refractivity contribution in [1.29, 1.82) is 0 Å². The fraction of sp³-hybridized carbons (Fsp3) is 0.300. The average molecular weight is 356 g/mol. The van der Waals surface area contributed by atoms with Crippen LogP contribution in [0.5, 0.6) is 0 Å². The van der Waals surface area contributed by atoms with E-state index in [0.717, 1.165) is 16.9 Å². The lowest BCUT2D eigenvalue weighted by Gasteiger charge is -2.09. The van der Waals surface area contributed by atoms with Crippen LogP contribution in [0.2, 0.25) is 0 Å². The second-order valence-electron chi connectivity index (χ2n) is 6.24. The lowest BCUT2D eigenvalue weighted by molar-refractivity contribution is -0.114. The van der Waals surface area contributed by atoms with Crippen LogP contribution >= 0.6 is 11.8 Å². The van der Waals surface area contributed by atoms with E-state index in [1.165, 1.54) is 17.3 Å². The highest BCUT2D eigenvalue weighted by atomic mass is 32.2. The minimum absolute atomic E-state index is 0.103. The maximum absolute atomic E-state index is 12.0. The van der Waals surface area contributed by atoms with Crippen LogP contribution in [0.1, 0.15) is 30.9 Å². The number of carbonyl (C=O) groups is 2. The van der Waals surface area contributed by atoms with E-state index < -0.39 is 0 Å². The minimum Gasteiger partial charge on any atom is -0.325 e. The summed E-state index contributed by atoms with van der Waals surface area (Å²) in [4.78, 5) is 23.9. The number of anilines is 2. The zero-order valence-electron chi connectivity index (χ0n) is 14.8. The van der Waals surface area contributed by atoms with Gasteiger partial charge in [0.25, 0.3) is 0 Å². The molecule has 0 atom stereocenters. The van der Waals surface area contributed by atoms with Crippen LogP contribution in [0.25, 0.3) is 0 Å². The smallest absolute Gasteiger partial charge is 0.234 e. The van der Waals surface area contributed by atoms with Gasteiger partial charge in [-0.05, 0) is 48.2 Å². The Hall–Kier alpha value is -2.27. The van der Waals surface area contributed by atoms with Gasteiger partial charge in [0.15, 0.2) is 0 Å².